The van der Waals surface area contributed by atoms with Crippen LogP contribution in [0.1, 0.15) is 11.1 Å². The van der Waals surface area contributed by atoms with E-state index in [4.69, 9.17) is 8.83 Å². The van der Waals surface area contributed by atoms with E-state index in [0.717, 1.165) is 44.6 Å². The van der Waals surface area contributed by atoms with Crippen LogP contribution < -0.4 is 0 Å². The zero-order chi connectivity index (χ0) is 31.9. The number of aryl methyl sites for hydroxylation is 2. The molecule has 48 heavy (non-hydrogen) atoms. The van der Waals surface area contributed by atoms with E-state index < -0.39 is 0 Å². The summed E-state index contributed by atoms with van der Waals surface area (Å²) in [6, 6.07) is 52.4. The van der Waals surface area contributed by atoms with Crippen LogP contribution >= 0.6 is 0 Å². The third-order valence-corrected chi connectivity index (χ3v) is 9.94. The van der Waals surface area contributed by atoms with Crippen molar-refractivity contribution < 1.29 is 8.83 Å². The van der Waals surface area contributed by atoms with Crippen LogP contribution in [0.15, 0.2) is 154 Å². The van der Waals surface area contributed by atoms with E-state index in [9.17, 15) is 0 Å². The first-order valence-corrected chi connectivity index (χ1v) is 16.5. The minimum absolute atomic E-state index is 0.874. The van der Waals surface area contributed by atoms with Gasteiger partial charge in [0.25, 0.3) is 0 Å². The molecule has 10 rings (SSSR count). The molecule has 0 N–H and O–H groups in total. The van der Waals surface area contributed by atoms with Gasteiger partial charge >= 0.3 is 0 Å². The monoisotopic (exact) mass is 614 g/mol. The molecule has 0 radical (unpaired) electrons. The van der Waals surface area contributed by atoms with E-state index in [1.54, 1.807) is 0 Å². The minimum Gasteiger partial charge on any atom is -0.456 e. The number of rotatable bonds is 4. The lowest BCUT2D eigenvalue weighted by molar-refractivity contribution is 0.632. The average molecular weight is 615 g/mol. The number of para-hydroxylation sites is 2. The fraction of sp³-hybridized carbons (Fsp3) is 0.0435. The summed E-state index contributed by atoms with van der Waals surface area (Å²) in [5.74, 6) is 1.75. The molecule has 0 aliphatic heterocycles. The van der Waals surface area contributed by atoms with Gasteiger partial charge in [-0.25, -0.2) is 0 Å². The molecule has 0 aliphatic rings. The molecule has 0 amide bonds. The number of furan rings is 2. The van der Waals surface area contributed by atoms with Crippen molar-refractivity contribution in [1.82, 2.24) is 0 Å². The molecular weight excluding hydrogens is 585 g/mol. The van der Waals surface area contributed by atoms with Gasteiger partial charge < -0.3 is 8.83 Å². The van der Waals surface area contributed by atoms with Gasteiger partial charge in [0.2, 0.25) is 0 Å². The molecule has 2 heteroatoms. The van der Waals surface area contributed by atoms with Crippen molar-refractivity contribution in [2.24, 2.45) is 0 Å². The van der Waals surface area contributed by atoms with Crippen LogP contribution in [0.4, 0.5) is 0 Å². The first-order valence-electron chi connectivity index (χ1n) is 16.5. The SMILES string of the molecule is Cc1cccc(-c2cc(-c3cc4ccccc4o3)c3ccc4c(-c5cccc(C)c5)cc(-c5cc6ccccc6o5)c5ccc2c3c45)c1. The first kappa shape index (κ1) is 27.0. The molecule has 2 aromatic heterocycles. The van der Waals surface area contributed by atoms with Gasteiger partial charge in [-0.3, -0.25) is 0 Å². The van der Waals surface area contributed by atoms with E-state index in [0.29, 0.717) is 0 Å². The van der Waals surface area contributed by atoms with Crippen LogP contribution in [0.25, 0.3) is 99.2 Å². The van der Waals surface area contributed by atoms with Gasteiger partial charge in [-0.15, -0.1) is 0 Å². The molecule has 0 saturated heterocycles. The summed E-state index contributed by atoms with van der Waals surface area (Å²) in [6.45, 7) is 4.32. The normalized spacial score (nSPS) is 12.0. The Hall–Kier alpha value is -6.12. The molecule has 2 heterocycles. The summed E-state index contributed by atoms with van der Waals surface area (Å²) in [6.07, 6.45) is 0. The second kappa shape index (κ2) is 10.2. The fourth-order valence-corrected chi connectivity index (χ4v) is 7.73. The second-order valence-electron chi connectivity index (χ2n) is 13.1. The molecule has 2 nitrogen and oxygen atoms in total. The maximum Gasteiger partial charge on any atom is 0.136 e. The third kappa shape index (κ3) is 4.06. The lowest BCUT2D eigenvalue weighted by Crippen LogP contribution is -1.94. The number of fused-ring (bicyclic) bond motifs is 2. The van der Waals surface area contributed by atoms with Crippen molar-refractivity contribution >= 4 is 54.3 Å². The predicted molar refractivity (Wildman–Crippen MR) is 201 cm³/mol. The topological polar surface area (TPSA) is 26.3 Å². The van der Waals surface area contributed by atoms with Crippen LogP contribution in [-0.2, 0) is 0 Å². The maximum absolute atomic E-state index is 6.58. The van der Waals surface area contributed by atoms with Crippen LogP contribution in [0.3, 0.4) is 0 Å². The van der Waals surface area contributed by atoms with E-state index in [2.05, 4.69) is 135 Å². The summed E-state index contributed by atoms with van der Waals surface area (Å²) in [5.41, 5.74) is 11.2. The molecule has 0 atom stereocenters. The second-order valence-corrected chi connectivity index (χ2v) is 13.1. The zero-order valence-electron chi connectivity index (χ0n) is 26.7. The number of hydrogen-bond donors (Lipinski definition) is 0. The quantitative estimate of drug-likeness (QED) is 0.184. The van der Waals surface area contributed by atoms with Crippen molar-refractivity contribution in [2.75, 3.05) is 0 Å². The standard InChI is InChI=1S/C46H30O2/c1-27-9-7-13-29(21-27)37-25-39(43-23-31-11-3-5-15-41(31)47-43)35-20-18-34-38(30-14-8-10-28(2)22-30)26-40(36-19-17-33(37)45(35)46(34)36)44-24-32-12-4-6-16-42(32)48-44/h3-26H,1-2H3. The van der Waals surface area contributed by atoms with Gasteiger partial charge in [0.05, 0.1) is 0 Å². The van der Waals surface area contributed by atoms with Gasteiger partial charge in [0.15, 0.2) is 0 Å². The average Bonchev–Trinajstić information content (AvgIpc) is 3.75. The summed E-state index contributed by atoms with van der Waals surface area (Å²) in [4.78, 5) is 0. The predicted octanol–water partition coefficient (Wildman–Crippen LogP) is 13.4. The zero-order valence-corrected chi connectivity index (χ0v) is 26.7. The molecule has 226 valence electrons. The van der Waals surface area contributed by atoms with Crippen molar-refractivity contribution in [3.8, 4) is 44.9 Å². The van der Waals surface area contributed by atoms with Gasteiger partial charge in [0, 0.05) is 21.9 Å². The largest absolute Gasteiger partial charge is 0.456 e. The molecule has 0 spiro atoms. The smallest absolute Gasteiger partial charge is 0.136 e. The highest BCUT2D eigenvalue weighted by Gasteiger charge is 2.23. The van der Waals surface area contributed by atoms with E-state index >= 15 is 0 Å². The van der Waals surface area contributed by atoms with Crippen molar-refractivity contribution in [3.05, 3.63) is 157 Å². The van der Waals surface area contributed by atoms with Gasteiger partial charge in [-0.1, -0.05) is 120 Å². The summed E-state index contributed by atoms with van der Waals surface area (Å²) < 4.78 is 13.2. The molecular formula is C46H30O2. The van der Waals surface area contributed by atoms with Crippen LogP contribution in [0, 0.1) is 13.8 Å². The van der Waals surface area contributed by atoms with Crippen molar-refractivity contribution in [3.63, 3.8) is 0 Å². The first-order chi connectivity index (χ1) is 23.6. The van der Waals surface area contributed by atoms with Crippen molar-refractivity contribution in [2.45, 2.75) is 13.8 Å². The summed E-state index contributed by atoms with van der Waals surface area (Å²) in [5, 5.41) is 9.49. The fourth-order valence-electron chi connectivity index (χ4n) is 7.73. The lowest BCUT2D eigenvalue weighted by Gasteiger charge is -2.20. The van der Waals surface area contributed by atoms with E-state index in [-0.39, 0.29) is 0 Å². The van der Waals surface area contributed by atoms with Gasteiger partial charge in [-0.05, 0) is 105 Å². The molecule has 0 bridgehead atoms. The van der Waals surface area contributed by atoms with Crippen molar-refractivity contribution in [1.29, 1.82) is 0 Å². The minimum atomic E-state index is 0.874. The highest BCUT2D eigenvalue weighted by molar-refractivity contribution is 6.31. The molecule has 10 aromatic rings. The summed E-state index contributed by atoms with van der Waals surface area (Å²) in [7, 11) is 0. The molecule has 0 saturated carbocycles. The third-order valence-electron chi connectivity index (χ3n) is 9.94. The Morgan fingerprint density at radius 1 is 0.354 bits per heavy atom. The number of hydrogen-bond acceptors (Lipinski definition) is 2. The lowest BCUT2D eigenvalue weighted by atomic mass is 9.83. The Morgan fingerprint density at radius 2 is 0.771 bits per heavy atom. The van der Waals surface area contributed by atoms with Gasteiger partial charge in [0.1, 0.15) is 22.7 Å². The van der Waals surface area contributed by atoms with E-state index in [1.807, 2.05) is 24.3 Å². The Bertz CT molecular complexity index is 2600. The number of benzene rings is 8. The summed E-state index contributed by atoms with van der Waals surface area (Å²) >= 11 is 0. The molecule has 0 fully saturated rings. The Labute approximate surface area is 277 Å². The van der Waals surface area contributed by atoms with Crippen LogP contribution in [0.5, 0.6) is 0 Å². The highest BCUT2D eigenvalue weighted by atomic mass is 16.3. The van der Waals surface area contributed by atoms with Crippen LogP contribution in [-0.4, -0.2) is 0 Å². The Balaban J connectivity index is 1.39. The Kier molecular flexibility index (Phi) is 5.74. The van der Waals surface area contributed by atoms with E-state index in [1.165, 1.54) is 65.7 Å². The highest BCUT2D eigenvalue weighted by Crippen LogP contribution is 2.49. The van der Waals surface area contributed by atoms with Crippen LogP contribution in [0.2, 0.25) is 0 Å². The Morgan fingerprint density at radius 3 is 1.19 bits per heavy atom. The maximum atomic E-state index is 6.58. The van der Waals surface area contributed by atoms with Gasteiger partial charge in [-0.2, -0.15) is 0 Å². The molecule has 0 aliphatic carbocycles. The molecule has 0 unspecified atom stereocenters. The molecule has 8 aromatic carbocycles.